The van der Waals surface area contributed by atoms with E-state index in [9.17, 15) is 9.90 Å². The Kier molecular flexibility index (Phi) is 4.22. The van der Waals surface area contributed by atoms with Gasteiger partial charge in [0, 0.05) is 6.42 Å². The molecule has 1 aromatic rings. The molecule has 0 atom stereocenters. The Labute approximate surface area is 135 Å². The summed E-state index contributed by atoms with van der Waals surface area (Å²) < 4.78 is 11.5. The van der Waals surface area contributed by atoms with Crippen LogP contribution < -0.4 is 9.47 Å². The molecular formula is C17H21ClO4. The van der Waals surface area contributed by atoms with Crippen molar-refractivity contribution in [2.24, 2.45) is 0 Å². The normalized spacial score (nSPS) is 20.3. The Balaban J connectivity index is 2.16. The van der Waals surface area contributed by atoms with Gasteiger partial charge in [-0.3, -0.25) is 4.79 Å². The number of fused-ring (bicyclic) bond motifs is 1. The van der Waals surface area contributed by atoms with Crippen LogP contribution in [0.2, 0.25) is 5.02 Å². The monoisotopic (exact) mass is 324 g/mol. The zero-order chi connectivity index (χ0) is 15.7. The highest BCUT2D eigenvalue weighted by atomic mass is 35.5. The van der Waals surface area contributed by atoms with Crippen LogP contribution in [-0.4, -0.2) is 24.3 Å². The Morgan fingerprint density at radius 3 is 2.41 bits per heavy atom. The molecular weight excluding hydrogens is 304 g/mol. The summed E-state index contributed by atoms with van der Waals surface area (Å²) in [6.07, 6.45) is 5.05. The fraction of sp³-hybridized carbons (Fsp3) is 0.588. The third-order valence-electron chi connectivity index (χ3n) is 4.85. The minimum absolute atomic E-state index is 0.448. The average molecular weight is 325 g/mol. The molecule has 1 saturated carbocycles. The van der Waals surface area contributed by atoms with Crippen molar-refractivity contribution in [1.82, 2.24) is 0 Å². The molecule has 1 fully saturated rings. The van der Waals surface area contributed by atoms with Gasteiger partial charge in [0.05, 0.1) is 23.7 Å². The number of hydrogen-bond donors (Lipinski definition) is 1. The molecule has 1 aliphatic carbocycles. The smallest absolute Gasteiger partial charge is 0.314 e. The third kappa shape index (κ3) is 2.43. The van der Waals surface area contributed by atoms with E-state index in [-0.39, 0.29) is 0 Å². The number of aliphatic carboxylic acids is 1. The highest BCUT2D eigenvalue weighted by Crippen LogP contribution is 2.48. The molecule has 1 N–H and O–H groups in total. The summed E-state index contributed by atoms with van der Waals surface area (Å²) in [5.41, 5.74) is 0.788. The molecule has 1 heterocycles. The second-order valence-corrected chi connectivity index (χ2v) is 6.59. The Hall–Kier alpha value is -1.42. The van der Waals surface area contributed by atoms with E-state index in [1.165, 1.54) is 0 Å². The lowest BCUT2D eigenvalue weighted by atomic mass is 9.68. The van der Waals surface area contributed by atoms with Gasteiger partial charge in [-0.2, -0.15) is 0 Å². The van der Waals surface area contributed by atoms with Crippen molar-refractivity contribution in [3.8, 4) is 11.5 Å². The van der Waals surface area contributed by atoms with E-state index in [2.05, 4.69) is 0 Å². The topological polar surface area (TPSA) is 55.8 Å². The first kappa shape index (κ1) is 15.5. The van der Waals surface area contributed by atoms with Gasteiger partial charge in [-0.25, -0.2) is 0 Å². The van der Waals surface area contributed by atoms with Crippen molar-refractivity contribution >= 4 is 17.6 Å². The average Bonchev–Trinajstić information content (AvgIpc) is 2.78. The van der Waals surface area contributed by atoms with Crippen LogP contribution in [0.4, 0.5) is 0 Å². The molecule has 0 bridgehead atoms. The van der Waals surface area contributed by atoms with E-state index in [1.54, 1.807) is 6.07 Å². The molecule has 3 rings (SSSR count). The Bertz CT molecular complexity index is 591. The van der Waals surface area contributed by atoms with Crippen LogP contribution in [0.5, 0.6) is 11.5 Å². The zero-order valence-corrected chi connectivity index (χ0v) is 13.5. The van der Waals surface area contributed by atoms with Crippen molar-refractivity contribution in [2.45, 2.75) is 50.9 Å². The van der Waals surface area contributed by atoms with E-state index in [4.69, 9.17) is 21.1 Å². The van der Waals surface area contributed by atoms with Gasteiger partial charge < -0.3 is 14.6 Å². The van der Waals surface area contributed by atoms with Gasteiger partial charge in [0.1, 0.15) is 0 Å². The van der Waals surface area contributed by atoms with Gasteiger partial charge in [0.25, 0.3) is 0 Å². The lowest BCUT2D eigenvalue weighted by molar-refractivity contribution is -0.145. The number of carbonyl (C=O) groups is 1. The molecule has 1 aliphatic heterocycles. The Morgan fingerprint density at radius 1 is 1.14 bits per heavy atom. The molecule has 0 saturated heterocycles. The molecule has 0 spiro atoms. The number of rotatable bonds is 2. The van der Waals surface area contributed by atoms with E-state index < -0.39 is 11.4 Å². The van der Waals surface area contributed by atoms with Crippen LogP contribution >= 0.6 is 11.6 Å². The quantitative estimate of drug-likeness (QED) is 0.890. The first-order valence-electron chi connectivity index (χ1n) is 7.89. The molecule has 22 heavy (non-hydrogen) atoms. The summed E-state index contributed by atoms with van der Waals surface area (Å²) in [7, 11) is 0. The van der Waals surface area contributed by atoms with E-state index in [0.717, 1.165) is 36.8 Å². The SMILES string of the molecule is Cc1c(C2(C(=O)O)CCCCC2)cc(Cl)c2c1OCCCO2. The van der Waals surface area contributed by atoms with Crippen LogP contribution in [0.1, 0.15) is 49.7 Å². The van der Waals surface area contributed by atoms with Gasteiger partial charge in [-0.15, -0.1) is 0 Å². The van der Waals surface area contributed by atoms with Gasteiger partial charge in [0.2, 0.25) is 0 Å². The van der Waals surface area contributed by atoms with Crippen molar-refractivity contribution < 1.29 is 19.4 Å². The molecule has 0 aromatic heterocycles. The first-order chi connectivity index (χ1) is 10.6. The summed E-state index contributed by atoms with van der Waals surface area (Å²) in [4.78, 5) is 12.1. The van der Waals surface area contributed by atoms with E-state index in [1.807, 2.05) is 6.92 Å². The second-order valence-electron chi connectivity index (χ2n) is 6.19. The van der Waals surface area contributed by atoms with Crippen molar-refractivity contribution in [2.75, 3.05) is 13.2 Å². The minimum Gasteiger partial charge on any atom is -0.489 e. The van der Waals surface area contributed by atoms with E-state index in [0.29, 0.717) is 42.6 Å². The van der Waals surface area contributed by atoms with Crippen LogP contribution in [0, 0.1) is 6.92 Å². The van der Waals surface area contributed by atoms with E-state index >= 15 is 0 Å². The maximum absolute atomic E-state index is 12.1. The van der Waals surface area contributed by atoms with Crippen LogP contribution in [0.15, 0.2) is 6.07 Å². The molecule has 0 radical (unpaired) electrons. The molecule has 120 valence electrons. The van der Waals surface area contributed by atoms with Crippen LogP contribution in [0.25, 0.3) is 0 Å². The first-order valence-corrected chi connectivity index (χ1v) is 8.26. The minimum atomic E-state index is -0.851. The van der Waals surface area contributed by atoms with Crippen LogP contribution in [-0.2, 0) is 10.2 Å². The molecule has 2 aliphatic rings. The molecule has 0 amide bonds. The number of carboxylic acids is 1. The lowest BCUT2D eigenvalue weighted by Gasteiger charge is -2.35. The molecule has 0 unspecified atom stereocenters. The lowest BCUT2D eigenvalue weighted by Crippen LogP contribution is -2.38. The molecule has 4 nitrogen and oxygen atoms in total. The van der Waals surface area contributed by atoms with Crippen molar-refractivity contribution in [3.05, 3.63) is 22.2 Å². The third-order valence-corrected chi connectivity index (χ3v) is 5.13. The zero-order valence-electron chi connectivity index (χ0n) is 12.8. The maximum atomic E-state index is 12.1. The molecule has 1 aromatic carbocycles. The van der Waals surface area contributed by atoms with Crippen molar-refractivity contribution in [3.63, 3.8) is 0 Å². The number of benzene rings is 1. The second kappa shape index (κ2) is 5.99. The fourth-order valence-electron chi connectivity index (χ4n) is 3.67. The predicted molar refractivity (Wildman–Crippen MR) is 84.2 cm³/mol. The standard InChI is InChI=1S/C17H21ClO4/c1-11-12(17(16(19)20)6-3-2-4-7-17)10-13(18)15-14(11)21-8-5-9-22-15/h10H,2-9H2,1H3,(H,19,20). The number of carboxylic acid groups (broad SMARTS) is 1. The highest BCUT2D eigenvalue weighted by Gasteiger charge is 2.43. The summed E-state index contributed by atoms with van der Waals surface area (Å²) in [6.45, 7) is 3.04. The van der Waals surface area contributed by atoms with Crippen molar-refractivity contribution in [1.29, 1.82) is 0 Å². The maximum Gasteiger partial charge on any atom is 0.314 e. The van der Waals surface area contributed by atoms with Gasteiger partial charge in [-0.05, 0) is 37.0 Å². The Morgan fingerprint density at radius 2 is 1.77 bits per heavy atom. The van der Waals surface area contributed by atoms with Gasteiger partial charge in [0.15, 0.2) is 11.5 Å². The van der Waals surface area contributed by atoms with Gasteiger partial charge >= 0.3 is 5.97 Å². The number of ether oxygens (including phenoxy) is 2. The fourth-order valence-corrected chi connectivity index (χ4v) is 3.92. The summed E-state index contributed by atoms with van der Waals surface area (Å²) >= 11 is 6.38. The number of hydrogen-bond acceptors (Lipinski definition) is 3. The highest BCUT2D eigenvalue weighted by molar-refractivity contribution is 6.32. The summed E-state index contributed by atoms with van der Waals surface area (Å²) in [5.74, 6) is 0.406. The number of halogens is 1. The summed E-state index contributed by atoms with van der Waals surface area (Å²) in [5, 5.41) is 10.3. The van der Waals surface area contributed by atoms with Gasteiger partial charge in [-0.1, -0.05) is 30.9 Å². The summed E-state index contributed by atoms with van der Waals surface area (Å²) in [6, 6.07) is 1.78. The molecule has 5 heteroatoms. The predicted octanol–water partition coefficient (Wildman–Crippen LogP) is 4.10. The van der Waals surface area contributed by atoms with Crippen LogP contribution in [0.3, 0.4) is 0 Å². The largest absolute Gasteiger partial charge is 0.489 e.